The van der Waals surface area contributed by atoms with Crippen LogP contribution < -0.4 is 4.90 Å². The van der Waals surface area contributed by atoms with E-state index in [0.717, 1.165) is 31.0 Å². The molecule has 0 bridgehead atoms. The van der Waals surface area contributed by atoms with Crippen LogP contribution in [0.1, 0.15) is 37.4 Å². The van der Waals surface area contributed by atoms with Crippen LogP contribution in [-0.2, 0) is 0 Å². The van der Waals surface area contributed by atoms with Gasteiger partial charge >= 0.3 is 0 Å². The normalized spacial score (nSPS) is 25.1. The van der Waals surface area contributed by atoms with Crippen LogP contribution >= 0.6 is 11.6 Å². The third-order valence-corrected chi connectivity index (χ3v) is 3.56. The summed E-state index contributed by atoms with van der Waals surface area (Å²) in [5.41, 5.74) is 0. The Bertz CT molecular complexity index is 422. The van der Waals surface area contributed by atoms with Crippen LogP contribution in [0.5, 0.6) is 0 Å². The number of hydrogen-bond donors (Lipinski definition) is 1. The van der Waals surface area contributed by atoms with Gasteiger partial charge in [0.15, 0.2) is 0 Å². The van der Waals surface area contributed by atoms with Crippen molar-refractivity contribution in [2.45, 2.75) is 37.7 Å². The SMILES string of the molecule is OC1CCCN(c2cc(Cl)nc(C3CC3)n2)C1. The highest BCUT2D eigenvalue weighted by Crippen LogP contribution is 2.39. The summed E-state index contributed by atoms with van der Waals surface area (Å²) in [7, 11) is 0. The molecule has 1 N–H and O–H groups in total. The molecule has 1 aliphatic carbocycles. The van der Waals surface area contributed by atoms with Gasteiger partial charge in [-0.05, 0) is 25.7 Å². The summed E-state index contributed by atoms with van der Waals surface area (Å²) in [5.74, 6) is 2.24. The molecule has 1 saturated heterocycles. The second kappa shape index (κ2) is 4.42. The smallest absolute Gasteiger partial charge is 0.135 e. The Hall–Kier alpha value is -0.870. The fourth-order valence-corrected chi connectivity index (χ4v) is 2.46. The summed E-state index contributed by atoms with van der Waals surface area (Å²) in [5, 5.41) is 10.2. The van der Waals surface area contributed by atoms with Crippen LogP contribution in [0.25, 0.3) is 0 Å². The fourth-order valence-electron chi connectivity index (χ4n) is 2.27. The molecule has 0 amide bonds. The number of piperidine rings is 1. The minimum atomic E-state index is -0.248. The van der Waals surface area contributed by atoms with Crippen molar-refractivity contribution in [3.63, 3.8) is 0 Å². The van der Waals surface area contributed by atoms with E-state index in [1.165, 1.54) is 12.8 Å². The van der Waals surface area contributed by atoms with Gasteiger partial charge in [0.05, 0.1) is 6.10 Å². The summed E-state index contributed by atoms with van der Waals surface area (Å²) < 4.78 is 0. The third-order valence-electron chi connectivity index (χ3n) is 3.36. The van der Waals surface area contributed by atoms with E-state index in [4.69, 9.17) is 11.6 Å². The molecule has 1 aromatic heterocycles. The van der Waals surface area contributed by atoms with Crippen LogP contribution in [-0.4, -0.2) is 34.3 Å². The first-order valence-electron chi connectivity index (χ1n) is 6.20. The maximum atomic E-state index is 9.68. The zero-order chi connectivity index (χ0) is 11.8. The number of aliphatic hydroxyl groups excluding tert-OH is 1. The molecule has 4 nitrogen and oxygen atoms in total. The number of nitrogens with zero attached hydrogens (tertiary/aromatic N) is 3. The predicted octanol–water partition coefficient (Wildman–Crippen LogP) is 1.97. The number of aromatic nitrogens is 2. The Kier molecular flexibility index (Phi) is 2.92. The monoisotopic (exact) mass is 253 g/mol. The van der Waals surface area contributed by atoms with Crippen molar-refractivity contribution in [2.24, 2.45) is 0 Å². The Morgan fingerprint density at radius 2 is 2.12 bits per heavy atom. The lowest BCUT2D eigenvalue weighted by molar-refractivity contribution is 0.154. The zero-order valence-corrected chi connectivity index (χ0v) is 10.4. The van der Waals surface area contributed by atoms with E-state index in [1.807, 2.05) is 0 Å². The second-order valence-electron chi connectivity index (χ2n) is 4.92. The summed E-state index contributed by atoms with van der Waals surface area (Å²) >= 11 is 6.04. The van der Waals surface area contributed by atoms with Gasteiger partial charge in [0.25, 0.3) is 0 Å². The number of aliphatic hydroxyl groups is 1. The lowest BCUT2D eigenvalue weighted by Gasteiger charge is -2.31. The maximum Gasteiger partial charge on any atom is 0.135 e. The number of anilines is 1. The van der Waals surface area contributed by atoms with Gasteiger partial charge in [-0.3, -0.25) is 0 Å². The highest BCUT2D eigenvalue weighted by molar-refractivity contribution is 6.29. The van der Waals surface area contributed by atoms with Crippen LogP contribution in [0.2, 0.25) is 5.15 Å². The van der Waals surface area contributed by atoms with Gasteiger partial charge in [0.2, 0.25) is 0 Å². The molecule has 0 spiro atoms. The van der Waals surface area contributed by atoms with Gasteiger partial charge in [-0.2, -0.15) is 0 Å². The molecule has 17 heavy (non-hydrogen) atoms. The Morgan fingerprint density at radius 3 is 2.82 bits per heavy atom. The average molecular weight is 254 g/mol. The molecule has 0 aromatic carbocycles. The molecule has 1 aliphatic heterocycles. The highest BCUT2D eigenvalue weighted by atomic mass is 35.5. The molecule has 3 rings (SSSR count). The molecule has 5 heteroatoms. The topological polar surface area (TPSA) is 49.2 Å². The first-order chi connectivity index (χ1) is 8.22. The molecule has 2 aliphatic rings. The minimum absolute atomic E-state index is 0.248. The van der Waals surface area contributed by atoms with Crippen molar-refractivity contribution >= 4 is 17.4 Å². The highest BCUT2D eigenvalue weighted by Gasteiger charge is 2.28. The Labute approximate surface area is 106 Å². The van der Waals surface area contributed by atoms with E-state index in [0.29, 0.717) is 17.6 Å². The van der Waals surface area contributed by atoms with Crippen LogP contribution in [0.3, 0.4) is 0 Å². The third kappa shape index (κ3) is 2.53. The van der Waals surface area contributed by atoms with Crippen molar-refractivity contribution in [3.05, 3.63) is 17.0 Å². The summed E-state index contributed by atoms with van der Waals surface area (Å²) in [6.07, 6.45) is 3.97. The second-order valence-corrected chi connectivity index (χ2v) is 5.31. The van der Waals surface area contributed by atoms with Crippen LogP contribution in [0, 0.1) is 0 Å². The van der Waals surface area contributed by atoms with Gasteiger partial charge < -0.3 is 10.0 Å². The molecule has 2 fully saturated rings. The molecule has 0 radical (unpaired) electrons. The van der Waals surface area contributed by atoms with E-state index < -0.39 is 0 Å². The summed E-state index contributed by atoms with van der Waals surface area (Å²) in [6, 6.07) is 1.80. The van der Waals surface area contributed by atoms with E-state index in [1.54, 1.807) is 6.07 Å². The van der Waals surface area contributed by atoms with Crippen molar-refractivity contribution in [3.8, 4) is 0 Å². The number of halogens is 1. The van der Waals surface area contributed by atoms with Crippen molar-refractivity contribution in [1.82, 2.24) is 9.97 Å². The summed E-state index contributed by atoms with van der Waals surface area (Å²) in [4.78, 5) is 11.0. The lowest BCUT2D eigenvalue weighted by atomic mass is 10.1. The van der Waals surface area contributed by atoms with Crippen LogP contribution in [0.15, 0.2) is 6.07 Å². The first kappa shape index (κ1) is 11.2. The molecule has 1 unspecified atom stereocenters. The largest absolute Gasteiger partial charge is 0.391 e. The van der Waals surface area contributed by atoms with Gasteiger partial charge in [-0.15, -0.1) is 0 Å². The van der Waals surface area contributed by atoms with E-state index in [9.17, 15) is 5.11 Å². The van der Waals surface area contributed by atoms with Gasteiger partial charge in [0.1, 0.15) is 16.8 Å². The molecule has 1 saturated carbocycles. The van der Waals surface area contributed by atoms with Crippen LogP contribution in [0.4, 0.5) is 5.82 Å². The standard InChI is InChI=1S/C12H16ClN3O/c13-10-6-11(15-12(14-10)8-3-4-8)16-5-1-2-9(17)7-16/h6,8-9,17H,1-5,7H2. The molecule has 92 valence electrons. The molecular weight excluding hydrogens is 238 g/mol. The van der Waals surface area contributed by atoms with Gasteiger partial charge in [0, 0.05) is 25.1 Å². The number of β-amino-alcohol motifs (C(OH)–C–C–N with tert-alkyl or cyclic N) is 1. The molecular formula is C12H16ClN3O. The van der Waals surface area contributed by atoms with Crippen molar-refractivity contribution < 1.29 is 5.11 Å². The molecule has 1 aromatic rings. The lowest BCUT2D eigenvalue weighted by Crippen LogP contribution is -2.38. The Balaban J connectivity index is 1.85. The van der Waals surface area contributed by atoms with Gasteiger partial charge in [-0.1, -0.05) is 11.6 Å². The predicted molar refractivity (Wildman–Crippen MR) is 66.5 cm³/mol. The number of rotatable bonds is 2. The Morgan fingerprint density at radius 1 is 1.29 bits per heavy atom. The fraction of sp³-hybridized carbons (Fsp3) is 0.667. The van der Waals surface area contributed by atoms with E-state index in [2.05, 4.69) is 14.9 Å². The quantitative estimate of drug-likeness (QED) is 0.819. The van der Waals surface area contributed by atoms with Crippen molar-refractivity contribution in [1.29, 1.82) is 0 Å². The summed E-state index contributed by atoms with van der Waals surface area (Å²) in [6.45, 7) is 1.59. The average Bonchev–Trinajstić information content (AvgIpc) is 3.12. The molecule has 2 heterocycles. The first-order valence-corrected chi connectivity index (χ1v) is 6.57. The number of hydrogen-bond acceptors (Lipinski definition) is 4. The maximum absolute atomic E-state index is 9.68. The van der Waals surface area contributed by atoms with E-state index in [-0.39, 0.29) is 6.10 Å². The molecule has 1 atom stereocenters. The minimum Gasteiger partial charge on any atom is -0.391 e. The van der Waals surface area contributed by atoms with Gasteiger partial charge in [-0.25, -0.2) is 9.97 Å². The zero-order valence-electron chi connectivity index (χ0n) is 9.64. The van der Waals surface area contributed by atoms with Crippen molar-refractivity contribution in [2.75, 3.05) is 18.0 Å². The van der Waals surface area contributed by atoms with E-state index >= 15 is 0 Å².